The number of esters is 1. The monoisotopic (exact) mass is 551 g/mol. The van der Waals surface area contributed by atoms with Crippen molar-refractivity contribution in [3.63, 3.8) is 0 Å². The van der Waals surface area contributed by atoms with E-state index in [4.69, 9.17) is 9.15 Å². The summed E-state index contributed by atoms with van der Waals surface area (Å²) in [5.41, 5.74) is 1.96. The number of quaternary nitrogens is 1. The number of carboxylic acids is 1. The van der Waals surface area contributed by atoms with Gasteiger partial charge in [0.1, 0.15) is 23.8 Å². The van der Waals surface area contributed by atoms with E-state index in [1.807, 2.05) is 36.4 Å². The molecule has 1 saturated heterocycles. The molecule has 208 valence electrons. The summed E-state index contributed by atoms with van der Waals surface area (Å²) < 4.78 is 12.2. The molecule has 1 aliphatic carbocycles. The highest BCUT2D eigenvalue weighted by Gasteiger charge is 2.57. The molecule has 0 unspecified atom stereocenters. The summed E-state index contributed by atoms with van der Waals surface area (Å²) in [6, 6.07) is 22.4. The highest BCUT2D eigenvalue weighted by molar-refractivity contribution is 5.80. The Labute approximate surface area is 236 Å². The van der Waals surface area contributed by atoms with Gasteiger partial charge >= 0.3 is 11.9 Å². The minimum absolute atomic E-state index is 0. The smallest absolute Gasteiger partial charge is 0.363 e. The van der Waals surface area contributed by atoms with Crippen molar-refractivity contribution in [1.29, 1.82) is 0 Å². The Morgan fingerprint density at radius 3 is 2.26 bits per heavy atom. The Hall–Kier alpha value is -3.09. The van der Waals surface area contributed by atoms with Crippen LogP contribution in [0.4, 0.5) is 0 Å². The van der Waals surface area contributed by atoms with Gasteiger partial charge in [-0.1, -0.05) is 87.9 Å². The third kappa shape index (κ3) is 5.78. The van der Waals surface area contributed by atoms with Crippen molar-refractivity contribution < 1.29 is 41.6 Å². The first-order valence-corrected chi connectivity index (χ1v) is 13.7. The molecule has 6 nitrogen and oxygen atoms in total. The van der Waals surface area contributed by atoms with Gasteiger partial charge in [0.05, 0.1) is 12.2 Å². The Morgan fingerprint density at radius 1 is 0.974 bits per heavy atom. The first-order chi connectivity index (χ1) is 18.3. The average Bonchev–Trinajstić information content (AvgIpc) is 3.58. The Kier molecular flexibility index (Phi) is 8.87. The van der Waals surface area contributed by atoms with Gasteiger partial charge in [0.15, 0.2) is 6.04 Å². The van der Waals surface area contributed by atoms with Crippen LogP contribution in [0.15, 0.2) is 83.5 Å². The summed E-state index contributed by atoms with van der Waals surface area (Å²) in [7, 11) is 0. The van der Waals surface area contributed by atoms with Crippen LogP contribution >= 0.6 is 0 Å². The van der Waals surface area contributed by atoms with Gasteiger partial charge in [0, 0.05) is 11.5 Å². The van der Waals surface area contributed by atoms with Crippen LogP contribution < -0.4 is 17.7 Å². The normalized spacial score (nSPS) is 28.8. The molecule has 3 N–H and O–H groups in total. The van der Waals surface area contributed by atoms with Gasteiger partial charge in [-0.05, 0) is 41.9 Å². The number of halogens is 1. The van der Waals surface area contributed by atoms with Crippen LogP contribution in [0.25, 0.3) is 0 Å². The maximum atomic E-state index is 14.2. The predicted molar refractivity (Wildman–Crippen MR) is 143 cm³/mol. The SMILES string of the molecule is C[C@@H]1CC[C@@H](C(C)(C)c2ccccc2)[C@H](OC(=O)[C@@H]2[C@@H](c3ccco3)[C@@H](C(=O)O)[NH2+][C@H]2c2ccccc2)C1.[Cl-]. The van der Waals surface area contributed by atoms with Gasteiger partial charge in [-0.25, -0.2) is 4.79 Å². The van der Waals surface area contributed by atoms with Crippen molar-refractivity contribution in [2.45, 2.75) is 69.6 Å². The van der Waals surface area contributed by atoms with Gasteiger partial charge in [0.2, 0.25) is 0 Å². The second-order valence-corrected chi connectivity index (χ2v) is 11.6. The number of carbonyl (C=O) groups excluding carboxylic acids is 1. The van der Waals surface area contributed by atoms with Crippen LogP contribution in [0, 0.1) is 17.8 Å². The number of hydrogen-bond acceptors (Lipinski definition) is 4. The molecule has 1 aliphatic heterocycles. The molecule has 2 heterocycles. The molecule has 0 spiro atoms. The van der Waals surface area contributed by atoms with Gasteiger partial charge in [-0.2, -0.15) is 0 Å². The zero-order valence-electron chi connectivity index (χ0n) is 22.7. The lowest BCUT2D eigenvalue weighted by atomic mass is 9.64. The number of ether oxygens (including phenoxy) is 1. The molecule has 0 amide bonds. The number of rotatable bonds is 7. The molecule has 3 aromatic rings. The van der Waals surface area contributed by atoms with Crippen LogP contribution in [0.3, 0.4) is 0 Å². The molecule has 0 bridgehead atoms. The van der Waals surface area contributed by atoms with Crippen molar-refractivity contribution in [1.82, 2.24) is 0 Å². The zero-order chi connectivity index (χ0) is 26.9. The topological polar surface area (TPSA) is 93.3 Å². The van der Waals surface area contributed by atoms with E-state index in [1.54, 1.807) is 17.4 Å². The van der Waals surface area contributed by atoms with Crippen molar-refractivity contribution in [2.75, 3.05) is 0 Å². The molecule has 0 radical (unpaired) electrons. The number of hydrogen-bond donors (Lipinski definition) is 2. The fourth-order valence-corrected chi connectivity index (χ4v) is 6.86. The fourth-order valence-electron chi connectivity index (χ4n) is 6.86. The molecule has 5 rings (SSSR count). The standard InChI is InChI=1S/C32H37NO5.ClH/c1-20-16-17-23(32(2,3)22-13-8-5-9-14-22)25(19-20)38-31(36)27-26(24-15-10-18-37-24)29(30(34)35)33-28(27)21-11-6-4-7-12-21;/h4-15,18,20,23,25-29,33H,16-17,19H2,1-3H3,(H,34,35);1H/t20-,23-,25-,26-,27-,28+,29+;/m1./s1. The fraction of sp³-hybridized carbons (Fsp3) is 0.438. The molecule has 2 fully saturated rings. The first kappa shape index (κ1) is 28.9. The summed E-state index contributed by atoms with van der Waals surface area (Å²) in [5, 5.41) is 11.9. The highest BCUT2D eigenvalue weighted by Crippen LogP contribution is 2.46. The third-order valence-electron chi connectivity index (χ3n) is 8.96. The third-order valence-corrected chi connectivity index (χ3v) is 8.96. The quantitative estimate of drug-likeness (QED) is 0.439. The van der Waals surface area contributed by atoms with Crippen molar-refractivity contribution in [3.8, 4) is 0 Å². The molecule has 7 atom stereocenters. The second kappa shape index (κ2) is 12.0. The first-order valence-electron chi connectivity index (χ1n) is 13.7. The Morgan fingerprint density at radius 2 is 1.64 bits per heavy atom. The van der Waals surface area contributed by atoms with E-state index in [0.717, 1.165) is 24.8 Å². The van der Waals surface area contributed by atoms with Crippen molar-refractivity contribution in [2.24, 2.45) is 17.8 Å². The summed E-state index contributed by atoms with van der Waals surface area (Å²) in [6.07, 6.45) is 4.15. The van der Waals surface area contributed by atoms with Crippen molar-refractivity contribution >= 4 is 11.9 Å². The maximum Gasteiger partial charge on any atom is 0.363 e. The van der Waals surface area contributed by atoms with Crippen LogP contribution in [0.5, 0.6) is 0 Å². The molecule has 2 aliphatic rings. The van der Waals surface area contributed by atoms with Crippen molar-refractivity contribution in [3.05, 3.63) is 95.9 Å². The number of benzene rings is 2. The number of carbonyl (C=O) groups is 2. The number of carboxylic acid groups (broad SMARTS) is 1. The van der Waals surface area contributed by atoms with Crippen LogP contribution in [-0.2, 0) is 19.7 Å². The lowest BCUT2D eigenvalue weighted by Gasteiger charge is -2.44. The number of furan rings is 1. The second-order valence-electron chi connectivity index (χ2n) is 11.6. The zero-order valence-corrected chi connectivity index (χ0v) is 23.5. The molecule has 1 aromatic heterocycles. The van der Waals surface area contributed by atoms with Gasteiger partial charge in [-0.15, -0.1) is 0 Å². The van der Waals surface area contributed by atoms with Gasteiger partial charge in [0.25, 0.3) is 0 Å². The lowest BCUT2D eigenvalue weighted by molar-refractivity contribution is -0.700. The van der Waals surface area contributed by atoms with E-state index >= 15 is 0 Å². The van der Waals surface area contributed by atoms with E-state index in [-0.39, 0.29) is 41.9 Å². The van der Waals surface area contributed by atoms with E-state index in [0.29, 0.717) is 11.7 Å². The lowest BCUT2D eigenvalue weighted by Crippen LogP contribution is -3.00. The summed E-state index contributed by atoms with van der Waals surface area (Å²) in [5.74, 6) is -1.52. The summed E-state index contributed by atoms with van der Waals surface area (Å²) in [4.78, 5) is 26.6. The number of aliphatic carboxylic acids is 1. The van der Waals surface area contributed by atoms with Crippen LogP contribution in [0.2, 0.25) is 0 Å². The molecular formula is C32H38ClNO5. The molecular weight excluding hydrogens is 514 g/mol. The minimum atomic E-state index is -0.961. The number of nitrogens with two attached hydrogens (primary N) is 1. The maximum absolute atomic E-state index is 14.2. The average molecular weight is 552 g/mol. The summed E-state index contributed by atoms with van der Waals surface area (Å²) in [6.45, 7) is 6.70. The molecule has 2 aromatic carbocycles. The Bertz CT molecular complexity index is 1230. The molecule has 1 saturated carbocycles. The summed E-state index contributed by atoms with van der Waals surface area (Å²) >= 11 is 0. The van der Waals surface area contributed by atoms with E-state index in [1.165, 1.54) is 11.8 Å². The predicted octanol–water partition coefficient (Wildman–Crippen LogP) is 2.08. The van der Waals surface area contributed by atoms with E-state index < -0.39 is 23.8 Å². The van der Waals surface area contributed by atoms with E-state index in [2.05, 4.69) is 45.0 Å². The van der Waals surface area contributed by atoms with Gasteiger partial charge in [-0.3, -0.25) is 4.79 Å². The largest absolute Gasteiger partial charge is 1.00 e. The van der Waals surface area contributed by atoms with Crippen LogP contribution in [0.1, 0.15) is 68.9 Å². The van der Waals surface area contributed by atoms with Gasteiger partial charge < -0.3 is 32.0 Å². The minimum Gasteiger partial charge on any atom is -1.00 e. The highest BCUT2D eigenvalue weighted by atomic mass is 35.5. The van der Waals surface area contributed by atoms with E-state index in [9.17, 15) is 14.7 Å². The molecule has 39 heavy (non-hydrogen) atoms. The Balaban J connectivity index is 0.00000353. The molecule has 7 heteroatoms. The van der Waals surface area contributed by atoms with Crippen LogP contribution in [-0.4, -0.2) is 29.2 Å².